The fourth-order valence-corrected chi connectivity index (χ4v) is 3.35. The van der Waals surface area contributed by atoms with E-state index in [2.05, 4.69) is 10.6 Å². The monoisotopic (exact) mass is 268 g/mol. The van der Waals surface area contributed by atoms with Crippen molar-refractivity contribution in [3.8, 4) is 0 Å². The lowest BCUT2D eigenvalue weighted by atomic mass is 9.87. The van der Waals surface area contributed by atoms with Gasteiger partial charge < -0.3 is 15.4 Å². The van der Waals surface area contributed by atoms with Crippen molar-refractivity contribution in [3.63, 3.8) is 0 Å². The Labute approximate surface area is 116 Å². The molecule has 1 saturated heterocycles. The van der Waals surface area contributed by atoms with E-state index in [9.17, 15) is 4.79 Å². The van der Waals surface area contributed by atoms with E-state index in [1.54, 1.807) is 0 Å². The van der Waals surface area contributed by atoms with Gasteiger partial charge in [-0.3, -0.25) is 0 Å². The highest BCUT2D eigenvalue weighted by Gasteiger charge is 2.34. The number of alkyl carbamates (subject to hydrolysis) is 1. The maximum atomic E-state index is 11.9. The Morgan fingerprint density at radius 1 is 1.16 bits per heavy atom. The van der Waals surface area contributed by atoms with Gasteiger partial charge in [0.2, 0.25) is 0 Å². The Balaban J connectivity index is 1.90. The van der Waals surface area contributed by atoms with Crippen molar-refractivity contribution in [2.24, 2.45) is 5.92 Å². The molecule has 1 aliphatic carbocycles. The molecule has 1 saturated carbocycles. The van der Waals surface area contributed by atoms with E-state index < -0.39 is 5.60 Å². The van der Waals surface area contributed by atoms with Gasteiger partial charge >= 0.3 is 6.09 Å². The van der Waals surface area contributed by atoms with Gasteiger partial charge in [-0.1, -0.05) is 12.8 Å². The molecule has 1 aliphatic heterocycles. The van der Waals surface area contributed by atoms with Crippen LogP contribution in [0.5, 0.6) is 0 Å². The molecule has 2 rings (SSSR count). The third kappa shape index (κ3) is 4.37. The molecule has 110 valence electrons. The van der Waals surface area contributed by atoms with E-state index in [1.807, 2.05) is 20.8 Å². The maximum absolute atomic E-state index is 11.9. The highest BCUT2D eigenvalue weighted by molar-refractivity contribution is 5.68. The first kappa shape index (κ1) is 14.6. The number of carbonyl (C=O) groups is 1. The van der Waals surface area contributed by atoms with Gasteiger partial charge in [-0.25, -0.2) is 4.79 Å². The maximum Gasteiger partial charge on any atom is 0.407 e. The topological polar surface area (TPSA) is 50.4 Å². The highest BCUT2D eigenvalue weighted by atomic mass is 16.6. The highest BCUT2D eigenvalue weighted by Crippen LogP contribution is 2.31. The molecule has 2 atom stereocenters. The zero-order valence-corrected chi connectivity index (χ0v) is 12.5. The van der Waals surface area contributed by atoms with Crippen molar-refractivity contribution in [2.75, 3.05) is 6.54 Å². The van der Waals surface area contributed by atoms with Gasteiger partial charge in [0.25, 0.3) is 0 Å². The Morgan fingerprint density at radius 3 is 2.47 bits per heavy atom. The molecular formula is C15H28N2O2. The average molecular weight is 268 g/mol. The van der Waals surface area contributed by atoms with Crippen LogP contribution in [0.4, 0.5) is 4.79 Å². The van der Waals surface area contributed by atoms with Gasteiger partial charge in [-0.2, -0.15) is 0 Å². The summed E-state index contributed by atoms with van der Waals surface area (Å²) in [6.07, 6.45) is 7.18. The van der Waals surface area contributed by atoms with Crippen molar-refractivity contribution < 1.29 is 9.53 Å². The smallest absolute Gasteiger partial charge is 0.407 e. The second-order valence-electron chi connectivity index (χ2n) is 6.92. The Morgan fingerprint density at radius 2 is 1.84 bits per heavy atom. The summed E-state index contributed by atoms with van der Waals surface area (Å²) in [5.74, 6) is 0.722. The van der Waals surface area contributed by atoms with Crippen LogP contribution in [0, 0.1) is 5.92 Å². The summed E-state index contributed by atoms with van der Waals surface area (Å²) < 4.78 is 5.37. The van der Waals surface area contributed by atoms with E-state index in [0.717, 1.165) is 25.3 Å². The summed E-state index contributed by atoms with van der Waals surface area (Å²) in [5, 5.41) is 6.69. The second kappa shape index (κ2) is 6.12. The first-order chi connectivity index (χ1) is 8.96. The number of amides is 1. The normalized spacial score (nSPS) is 29.2. The number of nitrogens with one attached hydrogen (secondary N) is 2. The summed E-state index contributed by atoms with van der Waals surface area (Å²) in [6.45, 7) is 6.79. The van der Waals surface area contributed by atoms with Crippen LogP contribution in [0.15, 0.2) is 0 Å². The molecule has 19 heavy (non-hydrogen) atoms. The third-order valence-corrected chi connectivity index (χ3v) is 4.12. The van der Waals surface area contributed by atoms with Crippen LogP contribution in [-0.2, 0) is 4.74 Å². The number of hydrogen-bond acceptors (Lipinski definition) is 3. The molecule has 2 aliphatic rings. The minimum Gasteiger partial charge on any atom is -0.444 e. The summed E-state index contributed by atoms with van der Waals surface area (Å²) in [5.41, 5.74) is -0.422. The lowest BCUT2D eigenvalue weighted by Crippen LogP contribution is -2.56. The van der Waals surface area contributed by atoms with Crippen molar-refractivity contribution in [3.05, 3.63) is 0 Å². The molecule has 4 heteroatoms. The molecule has 0 spiro atoms. The summed E-state index contributed by atoms with van der Waals surface area (Å²) in [6, 6.07) is 0.662. The molecule has 0 aromatic carbocycles. The Bertz CT molecular complexity index is 306. The summed E-state index contributed by atoms with van der Waals surface area (Å²) in [4.78, 5) is 11.9. The van der Waals surface area contributed by atoms with Gasteiger partial charge in [0.15, 0.2) is 0 Å². The molecule has 0 bridgehead atoms. The number of rotatable bonds is 2. The minimum absolute atomic E-state index is 0.228. The van der Waals surface area contributed by atoms with Crippen molar-refractivity contribution in [1.82, 2.24) is 10.6 Å². The van der Waals surface area contributed by atoms with Gasteiger partial charge in [0.05, 0.1) is 0 Å². The Kier molecular flexibility index (Phi) is 4.71. The minimum atomic E-state index is -0.422. The van der Waals surface area contributed by atoms with Crippen LogP contribution in [0.1, 0.15) is 59.3 Å². The summed E-state index contributed by atoms with van der Waals surface area (Å²) in [7, 11) is 0. The van der Waals surface area contributed by atoms with Crippen LogP contribution >= 0.6 is 0 Å². The number of hydrogen-bond donors (Lipinski definition) is 2. The quantitative estimate of drug-likeness (QED) is 0.809. The first-order valence-electron chi connectivity index (χ1n) is 7.68. The molecule has 1 amide bonds. The van der Waals surface area contributed by atoms with Crippen LogP contribution in [0.3, 0.4) is 0 Å². The van der Waals surface area contributed by atoms with E-state index in [-0.39, 0.29) is 12.1 Å². The first-order valence-corrected chi connectivity index (χ1v) is 7.68. The van der Waals surface area contributed by atoms with Gasteiger partial charge in [0, 0.05) is 12.1 Å². The molecule has 0 aromatic rings. The number of carbonyl (C=O) groups excluding carboxylic acids is 1. The van der Waals surface area contributed by atoms with E-state index in [0.29, 0.717) is 6.04 Å². The molecule has 1 heterocycles. The van der Waals surface area contributed by atoms with Crippen LogP contribution in [-0.4, -0.2) is 30.3 Å². The molecule has 4 nitrogen and oxygen atoms in total. The summed E-state index contributed by atoms with van der Waals surface area (Å²) >= 11 is 0. The second-order valence-corrected chi connectivity index (χ2v) is 6.92. The zero-order chi connectivity index (χ0) is 13.9. The number of ether oxygens (including phenoxy) is 1. The molecule has 2 fully saturated rings. The predicted molar refractivity (Wildman–Crippen MR) is 76.1 cm³/mol. The van der Waals surface area contributed by atoms with Crippen molar-refractivity contribution in [1.29, 1.82) is 0 Å². The third-order valence-electron chi connectivity index (χ3n) is 4.12. The average Bonchev–Trinajstić information content (AvgIpc) is 2.80. The van der Waals surface area contributed by atoms with Gasteiger partial charge in [-0.15, -0.1) is 0 Å². The molecule has 0 radical (unpaired) electrons. The molecular weight excluding hydrogens is 240 g/mol. The van der Waals surface area contributed by atoms with E-state index >= 15 is 0 Å². The number of piperidine rings is 1. The van der Waals surface area contributed by atoms with E-state index in [1.165, 1.54) is 25.7 Å². The van der Waals surface area contributed by atoms with Gasteiger partial charge in [0.1, 0.15) is 5.60 Å². The van der Waals surface area contributed by atoms with Crippen molar-refractivity contribution in [2.45, 2.75) is 77.0 Å². The largest absolute Gasteiger partial charge is 0.444 e. The lowest BCUT2D eigenvalue weighted by Gasteiger charge is -2.37. The van der Waals surface area contributed by atoms with Crippen molar-refractivity contribution >= 4 is 6.09 Å². The van der Waals surface area contributed by atoms with Gasteiger partial charge in [-0.05, 0) is 58.9 Å². The van der Waals surface area contributed by atoms with Crippen LogP contribution in [0.25, 0.3) is 0 Å². The molecule has 0 unspecified atom stereocenters. The SMILES string of the molecule is CC(C)(C)OC(=O)N[C@@H]1CCCN[C@H]1C1CCCC1. The predicted octanol–water partition coefficient (Wildman–Crippen LogP) is 2.82. The zero-order valence-electron chi connectivity index (χ0n) is 12.5. The standard InChI is InChI=1S/C15H28N2O2/c1-15(2,3)19-14(18)17-12-9-6-10-16-13(12)11-7-4-5-8-11/h11-13,16H,4-10H2,1-3H3,(H,17,18)/t12-,13+/m1/s1. The molecule has 2 N–H and O–H groups in total. The van der Waals surface area contributed by atoms with Crippen LogP contribution in [0.2, 0.25) is 0 Å². The lowest BCUT2D eigenvalue weighted by molar-refractivity contribution is 0.0469. The van der Waals surface area contributed by atoms with E-state index in [4.69, 9.17) is 4.74 Å². The fourth-order valence-electron chi connectivity index (χ4n) is 3.35. The molecule has 0 aromatic heterocycles. The fraction of sp³-hybridized carbons (Fsp3) is 0.933. The van der Waals surface area contributed by atoms with Crippen LogP contribution < -0.4 is 10.6 Å². The Hall–Kier alpha value is -0.770.